The highest BCUT2D eigenvalue weighted by molar-refractivity contribution is 5.83. The Balaban J connectivity index is 1.34. The third-order valence-electron chi connectivity index (χ3n) is 5.88. The van der Waals surface area contributed by atoms with Crippen LogP contribution in [0.4, 0.5) is 13.6 Å². The molecular formula is C23H25F2N3O2. The minimum Gasteiger partial charge on any atom is -0.381 e. The summed E-state index contributed by atoms with van der Waals surface area (Å²) >= 11 is 0. The van der Waals surface area contributed by atoms with Crippen molar-refractivity contribution in [2.24, 2.45) is 0 Å². The molecular weight excluding hydrogens is 388 g/mol. The molecule has 2 heterocycles. The molecule has 7 heteroatoms. The Morgan fingerprint density at radius 3 is 2.67 bits per heavy atom. The third kappa shape index (κ3) is 4.46. The zero-order chi connectivity index (χ0) is 21.0. The maximum Gasteiger partial charge on any atom is 0.314 e. The summed E-state index contributed by atoms with van der Waals surface area (Å²) in [6.07, 6.45) is 3.86. The van der Waals surface area contributed by atoms with Crippen LogP contribution in [0.1, 0.15) is 24.0 Å². The van der Waals surface area contributed by atoms with E-state index in [9.17, 15) is 13.6 Å². The minimum atomic E-state index is -0.341. The molecule has 5 nitrogen and oxygen atoms in total. The lowest BCUT2D eigenvalue weighted by Crippen LogP contribution is -2.47. The molecule has 4 rings (SSSR count). The quantitative estimate of drug-likeness (QED) is 0.571. The van der Waals surface area contributed by atoms with Crippen molar-refractivity contribution >= 4 is 16.9 Å². The molecule has 1 fully saturated rings. The van der Waals surface area contributed by atoms with Crippen molar-refractivity contribution in [3.63, 3.8) is 0 Å². The maximum atomic E-state index is 13.8. The molecule has 0 atom stereocenters. The lowest BCUT2D eigenvalue weighted by Gasteiger charge is -2.38. The number of urea groups is 1. The van der Waals surface area contributed by atoms with E-state index in [4.69, 9.17) is 4.74 Å². The van der Waals surface area contributed by atoms with Crippen molar-refractivity contribution in [1.82, 2.24) is 15.6 Å². The first kappa shape index (κ1) is 20.3. The number of H-pyrrole nitrogens is 1. The molecule has 1 aliphatic heterocycles. The fourth-order valence-electron chi connectivity index (χ4n) is 4.13. The van der Waals surface area contributed by atoms with Gasteiger partial charge >= 0.3 is 6.03 Å². The number of carbonyl (C=O) groups excluding carboxylic acids is 1. The Bertz CT molecular complexity index is 1030. The van der Waals surface area contributed by atoms with Gasteiger partial charge in [-0.2, -0.15) is 0 Å². The van der Waals surface area contributed by atoms with Gasteiger partial charge in [-0.05, 0) is 60.7 Å². The zero-order valence-electron chi connectivity index (χ0n) is 16.6. The number of carbonyl (C=O) groups is 1. The fourth-order valence-corrected chi connectivity index (χ4v) is 4.13. The normalized spacial score (nSPS) is 15.8. The van der Waals surface area contributed by atoms with Gasteiger partial charge in [0, 0.05) is 48.8 Å². The highest BCUT2D eigenvalue weighted by Crippen LogP contribution is 2.34. The van der Waals surface area contributed by atoms with Crippen LogP contribution in [0.2, 0.25) is 0 Å². The molecule has 0 aliphatic carbocycles. The van der Waals surface area contributed by atoms with E-state index in [1.165, 1.54) is 18.2 Å². The minimum absolute atomic E-state index is 0.275. The van der Waals surface area contributed by atoms with E-state index < -0.39 is 0 Å². The van der Waals surface area contributed by atoms with Gasteiger partial charge in [0.25, 0.3) is 0 Å². The van der Waals surface area contributed by atoms with E-state index in [-0.39, 0.29) is 23.1 Å². The highest BCUT2D eigenvalue weighted by Gasteiger charge is 2.35. The summed E-state index contributed by atoms with van der Waals surface area (Å²) in [6.45, 7) is 1.99. The van der Waals surface area contributed by atoms with Gasteiger partial charge < -0.3 is 20.4 Å². The largest absolute Gasteiger partial charge is 0.381 e. The van der Waals surface area contributed by atoms with E-state index in [0.717, 1.165) is 34.9 Å². The maximum absolute atomic E-state index is 13.8. The number of hydrogen-bond acceptors (Lipinski definition) is 2. The van der Waals surface area contributed by atoms with Crippen LogP contribution in [-0.4, -0.2) is 37.3 Å². The van der Waals surface area contributed by atoms with Gasteiger partial charge in [0.15, 0.2) is 0 Å². The molecule has 30 heavy (non-hydrogen) atoms. The van der Waals surface area contributed by atoms with E-state index in [2.05, 4.69) is 15.6 Å². The van der Waals surface area contributed by atoms with E-state index in [1.54, 1.807) is 18.2 Å². The summed E-state index contributed by atoms with van der Waals surface area (Å²) < 4.78 is 32.7. The second kappa shape index (κ2) is 8.83. The van der Waals surface area contributed by atoms with Crippen molar-refractivity contribution in [3.05, 3.63) is 71.4 Å². The van der Waals surface area contributed by atoms with Crippen molar-refractivity contribution in [2.45, 2.75) is 24.7 Å². The number of nitrogens with one attached hydrogen (secondary N) is 3. The molecule has 3 aromatic rings. The third-order valence-corrected chi connectivity index (χ3v) is 5.88. The van der Waals surface area contributed by atoms with Crippen molar-refractivity contribution < 1.29 is 18.3 Å². The van der Waals surface area contributed by atoms with Gasteiger partial charge in [0.1, 0.15) is 11.6 Å². The molecule has 0 radical (unpaired) electrons. The summed E-state index contributed by atoms with van der Waals surface area (Å²) in [4.78, 5) is 15.5. The highest BCUT2D eigenvalue weighted by atomic mass is 19.1. The molecule has 0 saturated carbocycles. The van der Waals surface area contributed by atoms with E-state index >= 15 is 0 Å². The number of hydrogen-bond donors (Lipinski definition) is 3. The monoisotopic (exact) mass is 413 g/mol. The van der Waals surface area contributed by atoms with E-state index in [1.807, 2.05) is 12.3 Å². The molecule has 1 aliphatic rings. The van der Waals surface area contributed by atoms with Crippen LogP contribution in [0.3, 0.4) is 0 Å². The topological polar surface area (TPSA) is 66.2 Å². The molecule has 0 unspecified atom stereocenters. The van der Waals surface area contributed by atoms with Crippen molar-refractivity contribution in [1.29, 1.82) is 0 Å². The first-order chi connectivity index (χ1) is 14.6. The first-order valence-corrected chi connectivity index (χ1v) is 10.2. The SMILES string of the molecule is O=C(NCCc1c[nH]c2ccc(F)cc12)NCC1(c2cccc(F)c2)CCOCC1. The predicted molar refractivity (Wildman–Crippen MR) is 111 cm³/mol. The summed E-state index contributed by atoms with van der Waals surface area (Å²) in [5.41, 5.74) is 2.36. The number of amides is 2. The second-order valence-electron chi connectivity index (χ2n) is 7.77. The summed E-state index contributed by atoms with van der Waals surface area (Å²) in [6, 6.07) is 10.9. The Morgan fingerprint density at radius 2 is 1.87 bits per heavy atom. The zero-order valence-corrected chi connectivity index (χ0v) is 16.6. The Kier molecular flexibility index (Phi) is 5.99. The Hall–Kier alpha value is -2.93. The Labute approximate surface area is 173 Å². The molecule has 2 amide bonds. The second-order valence-corrected chi connectivity index (χ2v) is 7.77. The van der Waals surface area contributed by atoms with Crippen molar-refractivity contribution in [2.75, 3.05) is 26.3 Å². The van der Waals surface area contributed by atoms with Crippen LogP contribution < -0.4 is 10.6 Å². The number of halogens is 2. The molecule has 3 N–H and O–H groups in total. The van der Waals surface area contributed by atoms with E-state index in [0.29, 0.717) is 32.7 Å². The van der Waals surface area contributed by atoms with Crippen LogP contribution in [0.5, 0.6) is 0 Å². The summed E-state index contributed by atoms with van der Waals surface area (Å²) in [5.74, 6) is -0.564. The molecule has 158 valence electrons. The number of benzene rings is 2. The molecule has 2 aromatic carbocycles. The van der Waals surface area contributed by atoms with Gasteiger partial charge in [-0.1, -0.05) is 12.1 Å². The number of ether oxygens (including phenoxy) is 1. The van der Waals surface area contributed by atoms with Crippen LogP contribution >= 0.6 is 0 Å². The predicted octanol–water partition coefficient (Wildman–Crippen LogP) is 4.04. The van der Waals surface area contributed by atoms with Gasteiger partial charge in [0.05, 0.1) is 0 Å². The number of rotatable bonds is 6. The first-order valence-electron chi connectivity index (χ1n) is 10.2. The van der Waals surface area contributed by atoms with Crippen LogP contribution in [0.15, 0.2) is 48.7 Å². The van der Waals surface area contributed by atoms with Gasteiger partial charge in [-0.3, -0.25) is 0 Å². The molecule has 1 saturated heterocycles. The van der Waals surface area contributed by atoms with Gasteiger partial charge in [0.2, 0.25) is 0 Å². The van der Waals surface area contributed by atoms with Crippen LogP contribution in [0, 0.1) is 11.6 Å². The summed E-state index contributed by atoms with van der Waals surface area (Å²) in [5, 5.41) is 6.62. The van der Waals surface area contributed by atoms with Crippen LogP contribution in [-0.2, 0) is 16.6 Å². The number of fused-ring (bicyclic) bond motifs is 1. The van der Waals surface area contributed by atoms with Gasteiger partial charge in [-0.25, -0.2) is 13.6 Å². The average Bonchev–Trinajstić information content (AvgIpc) is 3.15. The molecule has 0 bridgehead atoms. The fraction of sp³-hybridized carbons (Fsp3) is 0.348. The summed E-state index contributed by atoms with van der Waals surface area (Å²) in [7, 11) is 0. The number of aromatic amines is 1. The molecule has 0 spiro atoms. The average molecular weight is 413 g/mol. The Morgan fingerprint density at radius 1 is 1.07 bits per heavy atom. The lowest BCUT2D eigenvalue weighted by atomic mass is 9.74. The van der Waals surface area contributed by atoms with Crippen LogP contribution in [0.25, 0.3) is 10.9 Å². The smallest absolute Gasteiger partial charge is 0.314 e. The van der Waals surface area contributed by atoms with Crippen molar-refractivity contribution in [3.8, 4) is 0 Å². The van der Waals surface area contributed by atoms with Gasteiger partial charge in [-0.15, -0.1) is 0 Å². The standard InChI is InChI=1S/C23H25F2N3O2/c24-18-3-1-2-17(12-18)23(7-10-30-11-8-23)15-28-22(29)26-9-6-16-14-27-21-5-4-19(25)13-20(16)21/h1-5,12-14,27H,6-11,15H2,(H2,26,28,29). The number of aromatic nitrogens is 1. The molecule has 1 aromatic heterocycles. The lowest BCUT2D eigenvalue weighted by molar-refractivity contribution is 0.0506.